The molecule has 1 aromatic heterocycles. The normalized spacial score (nSPS) is 20.8. The maximum Gasteiger partial charge on any atom is 0.223 e. The average molecular weight is 240 g/mol. The summed E-state index contributed by atoms with van der Waals surface area (Å²) in [5, 5.41) is 12.1. The molecule has 1 fully saturated rings. The van der Waals surface area contributed by atoms with E-state index in [4.69, 9.17) is 5.11 Å². The molecule has 1 amide bonds. The van der Waals surface area contributed by atoms with Crippen LogP contribution in [0.25, 0.3) is 0 Å². The molecule has 0 saturated carbocycles. The van der Waals surface area contributed by atoms with Gasteiger partial charge >= 0.3 is 0 Å². The molecule has 1 atom stereocenters. The van der Waals surface area contributed by atoms with Gasteiger partial charge in [-0.05, 0) is 6.92 Å². The number of aliphatic hydroxyl groups is 1. The first kappa shape index (κ1) is 11.5. The van der Waals surface area contributed by atoms with Gasteiger partial charge in [0.2, 0.25) is 5.91 Å². The standard InChI is InChI=1S/C11H16N2O2S/c1-8-7-16-10(12-8)2-3-13-5-9(6-14)4-11(13)15/h7,9,14H,2-6H2,1H3. The first-order valence-electron chi connectivity index (χ1n) is 5.48. The lowest BCUT2D eigenvalue weighted by atomic mass is 10.1. The van der Waals surface area contributed by atoms with Crippen LogP contribution in [0, 0.1) is 12.8 Å². The van der Waals surface area contributed by atoms with Gasteiger partial charge in [-0.3, -0.25) is 4.79 Å². The van der Waals surface area contributed by atoms with E-state index in [0.717, 1.165) is 23.7 Å². The lowest BCUT2D eigenvalue weighted by Gasteiger charge is -2.15. The van der Waals surface area contributed by atoms with Gasteiger partial charge in [0, 0.05) is 49.5 Å². The second-order valence-corrected chi connectivity index (χ2v) is 5.17. The highest BCUT2D eigenvalue weighted by Crippen LogP contribution is 2.18. The van der Waals surface area contributed by atoms with Crippen LogP contribution in [0.2, 0.25) is 0 Å². The topological polar surface area (TPSA) is 53.4 Å². The van der Waals surface area contributed by atoms with E-state index in [9.17, 15) is 4.79 Å². The molecular formula is C11H16N2O2S. The Morgan fingerprint density at radius 1 is 1.69 bits per heavy atom. The van der Waals surface area contributed by atoms with Crippen molar-refractivity contribution in [2.24, 2.45) is 5.92 Å². The first-order chi connectivity index (χ1) is 7.69. The van der Waals surface area contributed by atoms with Crippen molar-refractivity contribution in [2.45, 2.75) is 19.8 Å². The van der Waals surface area contributed by atoms with Crippen LogP contribution in [0.1, 0.15) is 17.1 Å². The van der Waals surface area contributed by atoms with Crippen LogP contribution in [0.5, 0.6) is 0 Å². The van der Waals surface area contributed by atoms with Crippen molar-refractivity contribution in [3.05, 3.63) is 16.1 Å². The van der Waals surface area contributed by atoms with Crippen molar-refractivity contribution in [3.8, 4) is 0 Å². The molecule has 0 aromatic carbocycles. The van der Waals surface area contributed by atoms with Gasteiger partial charge in [-0.25, -0.2) is 4.98 Å². The molecule has 0 spiro atoms. The summed E-state index contributed by atoms with van der Waals surface area (Å²) < 4.78 is 0. The number of likely N-dealkylation sites (tertiary alicyclic amines) is 1. The fraction of sp³-hybridized carbons (Fsp3) is 0.636. The van der Waals surface area contributed by atoms with Crippen molar-refractivity contribution >= 4 is 17.2 Å². The summed E-state index contributed by atoms with van der Waals surface area (Å²) in [4.78, 5) is 17.8. The molecule has 1 saturated heterocycles. The van der Waals surface area contributed by atoms with E-state index in [-0.39, 0.29) is 18.4 Å². The zero-order valence-electron chi connectivity index (χ0n) is 9.35. The molecule has 0 bridgehead atoms. The van der Waals surface area contributed by atoms with Crippen molar-refractivity contribution in [1.82, 2.24) is 9.88 Å². The van der Waals surface area contributed by atoms with Crippen LogP contribution in [-0.2, 0) is 11.2 Å². The third kappa shape index (κ3) is 2.59. The van der Waals surface area contributed by atoms with Gasteiger partial charge in [0.15, 0.2) is 0 Å². The molecule has 1 N–H and O–H groups in total. The van der Waals surface area contributed by atoms with Crippen LogP contribution in [0.4, 0.5) is 0 Å². The number of aryl methyl sites for hydroxylation is 1. The van der Waals surface area contributed by atoms with Crippen molar-refractivity contribution < 1.29 is 9.90 Å². The van der Waals surface area contributed by atoms with Gasteiger partial charge in [0.05, 0.1) is 5.01 Å². The Morgan fingerprint density at radius 3 is 3.06 bits per heavy atom. The molecule has 0 aliphatic carbocycles. The number of aromatic nitrogens is 1. The smallest absolute Gasteiger partial charge is 0.223 e. The van der Waals surface area contributed by atoms with E-state index >= 15 is 0 Å². The maximum atomic E-state index is 11.6. The number of nitrogens with zero attached hydrogens (tertiary/aromatic N) is 2. The molecule has 16 heavy (non-hydrogen) atoms. The van der Waals surface area contributed by atoms with Gasteiger partial charge in [-0.2, -0.15) is 0 Å². The molecule has 2 rings (SSSR count). The molecule has 1 unspecified atom stereocenters. The Labute approximate surface area is 98.9 Å². The van der Waals surface area contributed by atoms with Crippen molar-refractivity contribution in [3.63, 3.8) is 0 Å². The van der Waals surface area contributed by atoms with E-state index in [1.165, 1.54) is 0 Å². The fourth-order valence-electron chi connectivity index (χ4n) is 1.94. The molecule has 1 aromatic rings. The number of amides is 1. The Morgan fingerprint density at radius 2 is 2.50 bits per heavy atom. The summed E-state index contributed by atoms with van der Waals surface area (Å²) in [6, 6.07) is 0. The van der Waals surface area contributed by atoms with Crippen LogP contribution in [0.15, 0.2) is 5.38 Å². The van der Waals surface area contributed by atoms with E-state index in [1.807, 2.05) is 17.2 Å². The van der Waals surface area contributed by atoms with E-state index in [0.29, 0.717) is 13.0 Å². The lowest BCUT2D eigenvalue weighted by Crippen LogP contribution is -2.27. The quantitative estimate of drug-likeness (QED) is 0.848. The fourth-order valence-corrected chi connectivity index (χ4v) is 2.71. The highest BCUT2D eigenvalue weighted by molar-refractivity contribution is 7.09. The Balaban J connectivity index is 1.84. The summed E-state index contributed by atoms with van der Waals surface area (Å²) in [7, 11) is 0. The Kier molecular flexibility index (Phi) is 3.56. The zero-order valence-corrected chi connectivity index (χ0v) is 10.2. The predicted octanol–water partition coefficient (Wildman–Crippen LogP) is 0.835. The second-order valence-electron chi connectivity index (χ2n) is 4.23. The summed E-state index contributed by atoms with van der Waals surface area (Å²) >= 11 is 1.64. The minimum Gasteiger partial charge on any atom is -0.396 e. The number of thiazole rings is 1. The SMILES string of the molecule is Cc1csc(CCN2CC(CO)CC2=O)n1. The van der Waals surface area contributed by atoms with Gasteiger partial charge in [-0.1, -0.05) is 0 Å². The molecule has 2 heterocycles. The third-order valence-corrected chi connectivity index (χ3v) is 3.84. The first-order valence-corrected chi connectivity index (χ1v) is 6.36. The summed E-state index contributed by atoms with van der Waals surface area (Å²) in [6.07, 6.45) is 1.32. The molecule has 4 nitrogen and oxygen atoms in total. The minimum atomic E-state index is 0.110. The number of carbonyl (C=O) groups is 1. The van der Waals surface area contributed by atoms with Gasteiger partial charge < -0.3 is 10.0 Å². The van der Waals surface area contributed by atoms with Gasteiger partial charge in [0.1, 0.15) is 0 Å². The maximum absolute atomic E-state index is 11.6. The van der Waals surface area contributed by atoms with Crippen molar-refractivity contribution in [2.75, 3.05) is 19.7 Å². The third-order valence-electron chi connectivity index (χ3n) is 2.81. The van der Waals surface area contributed by atoms with Crippen LogP contribution < -0.4 is 0 Å². The van der Waals surface area contributed by atoms with Crippen LogP contribution in [-0.4, -0.2) is 40.6 Å². The monoisotopic (exact) mass is 240 g/mol. The number of carbonyl (C=O) groups excluding carboxylic acids is 1. The van der Waals surface area contributed by atoms with Gasteiger partial charge in [0.25, 0.3) is 0 Å². The van der Waals surface area contributed by atoms with Crippen molar-refractivity contribution in [1.29, 1.82) is 0 Å². The average Bonchev–Trinajstić information content (AvgIpc) is 2.82. The molecule has 88 valence electrons. The van der Waals surface area contributed by atoms with Crippen LogP contribution in [0.3, 0.4) is 0 Å². The largest absolute Gasteiger partial charge is 0.396 e. The highest BCUT2D eigenvalue weighted by Gasteiger charge is 2.28. The van der Waals surface area contributed by atoms with E-state index < -0.39 is 0 Å². The Hall–Kier alpha value is -0.940. The Bertz CT molecular complexity index is 378. The summed E-state index contributed by atoms with van der Waals surface area (Å²) in [5.74, 6) is 0.290. The molecule has 0 radical (unpaired) electrons. The summed E-state index contributed by atoms with van der Waals surface area (Å²) in [5.41, 5.74) is 1.04. The van der Waals surface area contributed by atoms with Crippen LogP contribution >= 0.6 is 11.3 Å². The summed E-state index contributed by atoms with van der Waals surface area (Å²) in [6.45, 7) is 3.50. The van der Waals surface area contributed by atoms with E-state index in [2.05, 4.69) is 4.98 Å². The highest BCUT2D eigenvalue weighted by atomic mass is 32.1. The number of hydrogen-bond donors (Lipinski definition) is 1. The molecule has 1 aliphatic heterocycles. The molecule has 1 aliphatic rings. The minimum absolute atomic E-state index is 0.110. The predicted molar refractivity (Wildman–Crippen MR) is 62.3 cm³/mol. The number of aliphatic hydroxyl groups excluding tert-OH is 1. The molecular weight excluding hydrogens is 224 g/mol. The van der Waals surface area contributed by atoms with Gasteiger partial charge in [-0.15, -0.1) is 11.3 Å². The number of rotatable bonds is 4. The second kappa shape index (κ2) is 4.93. The van der Waals surface area contributed by atoms with E-state index in [1.54, 1.807) is 11.3 Å². The lowest BCUT2D eigenvalue weighted by molar-refractivity contribution is -0.127. The zero-order chi connectivity index (χ0) is 11.5. The number of hydrogen-bond acceptors (Lipinski definition) is 4. The molecule has 5 heteroatoms.